The lowest BCUT2D eigenvalue weighted by Gasteiger charge is -2.15. The van der Waals surface area contributed by atoms with Crippen LogP contribution < -0.4 is 4.74 Å². The van der Waals surface area contributed by atoms with Gasteiger partial charge in [0.25, 0.3) is 0 Å². The maximum absolute atomic E-state index is 12.4. The number of aryl methyl sites for hydroxylation is 1. The van der Waals surface area contributed by atoms with Gasteiger partial charge in [-0.15, -0.1) is 10.2 Å². The summed E-state index contributed by atoms with van der Waals surface area (Å²) < 4.78 is 12.6. The Labute approximate surface area is 162 Å². The average molecular weight is 386 g/mol. The molecule has 0 N–H and O–H groups in total. The van der Waals surface area contributed by atoms with Crippen LogP contribution in [0.5, 0.6) is 5.75 Å². The van der Waals surface area contributed by atoms with Crippen molar-refractivity contribution >= 4 is 17.7 Å². The molecule has 0 unspecified atom stereocenters. The lowest BCUT2D eigenvalue weighted by molar-refractivity contribution is -0.127. The van der Waals surface area contributed by atoms with Crippen molar-refractivity contribution in [3.8, 4) is 17.1 Å². The first-order chi connectivity index (χ1) is 13.0. The van der Waals surface area contributed by atoms with Crippen LogP contribution in [0.3, 0.4) is 0 Å². The van der Waals surface area contributed by atoms with Crippen LogP contribution in [-0.4, -0.2) is 45.5 Å². The number of benzene rings is 1. The van der Waals surface area contributed by atoms with E-state index in [4.69, 9.17) is 9.15 Å². The highest BCUT2D eigenvalue weighted by atomic mass is 32.2. The third-order valence-electron chi connectivity index (χ3n) is 4.12. The highest BCUT2D eigenvalue weighted by Gasteiger charge is 2.16. The van der Waals surface area contributed by atoms with Crippen molar-refractivity contribution in [3.63, 3.8) is 0 Å². The zero-order chi connectivity index (χ0) is 19.4. The van der Waals surface area contributed by atoms with Gasteiger partial charge in [-0.05, 0) is 43.3 Å². The Morgan fingerprint density at radius 3 is 2.59 bits per heavy atom. The van der Waals surface area contributed by atoms with Crippen LogP contribution >= 0.6 is 11.8 Å². The maximum Gasteiger partial charge on any atom is 0.233 e. The van der Waals surface area contributed by atoms with E-state index in [1.807, 2.05) is 54.9 Å². The molecule has 3 aromatic rings. The number of hydrogen-bond donors (Lipinski definition) is 0. The van der Waals surface area contributed by atoms with Gasteiger partial charge in [-0.3, -0.25) is 4.79 Å². The van der Waals surface area contributed by atoms with E-state index in [0.29, 0.717) is 11.7 Å². The summed E-state index contributed by atoms with van der Waals surface area (Å²) >= 11 is 1.37. The first-order valence-corrected chi connectivity index (χ1v) is 9.42. The summed E-state index contributed by atoms with van der Waals surface area (Å²) in [5, 5.41) is 9.15. The number of methoxy groups -OCH3 is 1. The molecule has 0 aliphatic heterocycles. The van der Waals surface area contributed by atoms with Crippen LogP contribution in [0.2, 0.25) is 0 Å². The van der Waals surface area contributed by atoms with Gasteiger partial charge in [-0.25, -0.2) is 0 Å². The molecule has 0 spiro atoms. The van der Waals surface area contributed by atoms with Gasteiger partial charge in [0, 0.05) is 19.7 Å². The number of carbonyl (C=O) groups excluding carboxylic acids is 1. The van der Waals surface area contributed by atoms with Gasteiger partial charge < -0.3 is 18.6 Å². The van der Waals surface area contributed by atoms with Gasteiger partial charge in [0.2, 0.25) is 5.91 Å². The van der Waals surface area contributed by atoms with E-state index < -0.39 is 0 Å². The van der Waals surface area contributed by atoms with Crippen molar-refractivity contribution in [3.05, 3.63) is 47.9 Å². The van der Waals surface area contributed by atoms with Gasteiger partial charge in [0.05, 0.1) is 19.4 Å². The zero-order valence-corrected chi connectivity index (χ0v) is 16.6. The molecule has 2 heterocycles. The predicted molar refractivity (Wildman–Crippen MR) is 104 cm³/mol. The molecule has 2 aromatic heterocycles. The van der Waals surface area contributed by atoms with E-state index in [0.717, 1.165) is 28.7 Å². The summed E-state index contributed by atoms with van der Waals surface area (Å²) in [6.45, 7) is 2.33. The molecule has 0 aliphatic carbocycles. The smallest absolute Gasteiger partial charge is 0.233 e. The molecule has 1 amide bonds. The minimum atomic E-state index is 0.00282. The number of amides is 1. The highest BCUT2D eigenvalue weighted by molar-refractivity contribution is 7.99. The highest BCUT2D eigenvalue weighted by Crippen LogP contribution is 2.24. The summed E-state index contributed by atoms with van der Waals surface area (Å²) in [4.78, 5) is 14.0. The van der Waals surface area contributed by atoms with Crippen LogP contribution in [0.1, 0.15) is 11.5 Å². The summed E-state index contributed by atoms with van der Waals surface area (Å²) in [7, 11) is 5.29. The second-order valence-corrected chi connectivity index (χ2v) is 7.09. The van der Waals surface area contributed by atoms with Gasteiger partial charge >= 0.3 is 0 Å². The molecular formula is C19H22N4O3S. The number of nitrogens with zero attached hydrogens (tertiary/aromatic N) is 4. The minimum Gasteiger partial charge on any atom is -0.497 e. The largest absolute Gasteiger partial charge is 0.497 e. The fraction of sp³-hybridized carbons (Fsp3) is 0.316. The van der Waals surface area contributed by atoms with Crippen LogP contribution in [0.4, 0.5) is 0 Å². The Kier molecular flexibility index (Phi) is 5.85. The number of ether oxygens (including phenoxy) is 1. The van der Waals surface area contributed by atoms with Crippen molar-refractivity contribution in [1.82, 2.24) is 19.7 Å². The lowest BCUT2D eigenvalue weighted by atomic mass is 10.2. The molecule has 27 heavy (non-hydrogen) atoms. The standard InChI is InChI=1S/C19H22N4O3S/c1-13-5-8-16(26-13)11-22(2)17(24)12-27-19-21-20-18(23(19)3)14-6-9-15(25-4)10-7-14/h5-10H,11-12H2,1-4H3. The molecule has 8 heteroatoms. The Balaban J connectivity index is 1.60. The van der Waals surface area contributed by atoms with Crippen LogP contribution in [0, 0.1) is 6.92 Å². The molecule has 0 saturated heterocycles. The molecule has 0 bridgehead atoms. The van der Waals surface area contributed by atoms with E-state index in [1.165, 1.54) is 11.8 Å². The number of rotatable bonds is 7. The third kappa shape index (κ3) is 4.51. The monoisotopic (exact) mass is 386 g/mol. The van der Waals surface area contributed by atoms with Gasteiger partial charge in [0.15, 0.2) is 11.0 Å². The fourth-order valence-corrected chi connectivity index (χ4v) is 3.41. The van der Waals surface area contributed by atoms with Crippen molar-refractivity contribution in [1.29, 1.82) is 0 Å². The van der Waals surface area contributed by atoms with Crippen LogP contribution in [0.25, 0.3) is 11.4 Å². The quantitative estimate of drug-likeness (QED) is 0.581. The molecule has 0 aliphatic rings. The minimum absolute atomic E-state index is 0.00282. The fourth-order valence-electron chi connectivity index (χ4n) is 2.56. The molecule has 1 aromatic carbocycles. The van der Waals surface area contributed by atoms with Crippen LogP contribution in [-0.2, 0) is 18.4 Å². The molecular weight excluding hydrogens is 364 g/mol. The molecule has 0 saturated carbocycles. The van der Waals surface area contributed by atoms with Crippen LogP contribution in [0.15, 0.2) is 46.0 Å². The van der Waals surface area contributed by atoms with Gasteiger partial charge in [-0.1, -0.05) is 11.8 Å². The number of aromatic nitrogens is 3. The van der Waals surface area contributed by atoms with E-state index in [9.17, 15) is 4.79 Å². The van der Waals surface area contributed by atoms with Gasteiger partial charge in [-0.2, -0.15) is 0 Å². The first kappa shape index (κ1) is 19.0. The van der Waals surface area contributed by atoms with E-state index in [-0.39, 0.29) is 11.7 Å². The molecule has 7 nitrogen and oxygen atoms in total. The summed E-state index contributed by atoms with van der Waals surface area (Å²) in [5.41, 5.74) is 0.939. The number of carbonyl (C=O) groups is 1. The molecule has 142 valence electrons. The maximum atomic E-state index is 12.4. The Hall–Kier alpha value is -2.74. The second kappa shape index (κ2) is 8.30. The summed E-state index contributed by atoms with van der Waals surface area (Å²) in [6.07, 6.45) is 0. The third-order valence-corrected chi connectivity index (χ3v) is 5.13. The topological polar surface area (TPSA) is 73.4 Å². The van der Waals surface area contributed by atoms with Gasteiger partial charge in [0.1, 0.15) is 17.3 Å². The van der Waals surface area contributed by atoms with E-state index >= 15 is 0 Å². The van der Waals surface area contributed by atoms with E-state index in [1.54, 1.807) is 19.1 Å². The second-order valence-electron chi connectivity index (χ2n) is 6.14. The SMILES string of the molecule is COc1ccc(-c2nnc(SCC(=O)N(C)Cc3ccc(C)o3)n2C)cc1. The lowest BCUT2D eigenvalue weighted by Crippen LogP contribution is -2.27. The van der Waals surface area contributed by atoms with Crippen molar-refractivity contribution < 1.29 is 13.9 Å². The summed E-state index contributed by atoms with van der Waals surface area (Å²) in [5.74, 6) is 3.43. The Morgan fingerprint density at radius 1 is 1.22 bits per heavy atom. The molecule has 0 radical (unpaired) electrons. The summed E-state index contributed by atoms with van der Waals surface area (Å²) in [6, 6.07) is 11.4. The number of furan rings is 1. The number of hydrogen-bond acceptors (Lipinski definition) is 6. The Bertz CT molecular complexity index is 917. The normalized spacial score (nSPS) is 10.8. The van der Waals surface area contributed by atoms with E-state index in [2.05, 4.69) is 10.2 Å². The predicted octanol–water partition coefficient (Wildman–Crippen LogP) is 3.14. The number of thioether (sulfide) groups is 1. The Morgan fingerprint density at radius 2 is 1.96 bits per heavy atom. The van der Waals surface area contributed by atoms with Crippen molar-refractivity contribution in [2.45, 2.75) is 18.6 Å². The zero-order valence-electron chi connectivity index (χ0n) is 15.8. The average Bonchev–Trinajstić information content (AvgIpc) is 3.25. The van der Waals surface area contributed by atoms with Crippen molar-refractivity contribution in [2.75, 3.05) is 19.9 Å². The van der Waals surface area contributed by atoms with Crippen molar-refractivity contribution in [2.24, 2.45) is 7.05 Å². The molecule has 0 atom stereocenters. The molecule has 0 fully saturated rings. The first-order valence-electron chi connectivity index (χ1n) is 8.44. The molecule has 3 rings (SSSR count).